The highest BCUT2D eigenvalue weighted by Gasteiger charge is 2.18. The Morgan fingerprint density at radius 1 is 0.263 bits per heavy atom. The molecule has 0 saturated heterocycles. The molecule has 0 nitrogen and oxygen atoms in total. The summed E-state index contributed by atoms with van der Waals surface area (Å²) < 4.78 is 0. The summed E-state index contributed by atoms with van der Waals surface area (Å²) in [6, 6.07) is 32.7. The number of benzene rings is 7. The molecule has 7 aromatic rings. The van der Waals surface area contributed by atoms with Crippen molar-refractivity contribution in [1.82, 2.24) is 0 Å². The summed E-state index contributed by atoms with van der Waals surface area (Å²) >= 11 is 0. The van der Waals surface area contributed by atoms with Crippen LogP contribution in [0, 0.1) is 41.5 Å². The predicted molar refractivity (Wildman–Crippen MR) is 167 cm³/mol. The number of hydrogen-bond donors (Lipinski definition) is 0. The molecule has 0 aliphatic carbocycles. The third-order valence-corrected chi connectivity index (χ3v) is 8.93. The first-order valence-electron chi connectivity index (χ1n) is 13.6. The minimum atomic E-state index is 1.29. The van der Waals surface area contributed by atoms with Gasteiger partial charge in [-0.1, -0.05) is 60.7 Å². The largest absolute Gasteiger partial charge is 0.0584 e. The second kappa shape index (κ2) is 8.17. The molecule has 38 heavy (non-hydrogen) atoms. The fourth-order valence-electron chi connectivity index (χ4n) is 6.30. The van der Waals surface area contributed by atoms with Crippen LogP contribution in [0.25, 0.3) is 65.3 Å². The fraction of sp³-hybridized carbons (Fsp3) is 0.158. The first kappa shape index (κ1) is 23.0. The lowest BCUT2D eigenvalue weighted by Crippen LogP contribution is -1.93. The first-order valence-corrected chi connectivity index (χ1v) is 13.6. The Kier molecular flexibility index (Phi) is 4.94. The van der Waals surface area contributed by atoms with Gasteiger partial charge in [-0.2, -0.15) is 0 Å². The van der Waals surface area contributed by atoms with Crippen molar-refractivity contribution in [1.29, 1.82) is 0 Å². The molecule has 0 bridgehead atoms. The summed E-state index contributed by atoms with van der Waals surface area (Å²) in [5.74, 6) is 0. The predicted octanol–water partition coefficient (Wildman–Crippen LogP) is 10.9. The Morgan fingerprint density at radius 3 is 1.03 bits per heavy atom. The Balaban J connectivity index is 1.64. The zero-order valence-corrected chi connectivity index (χ0v) is 23.1. The van der Waals surface area contributed by atoms with Crippen molar-refractivity contribution >= 4 is 43.1 Å². The SMILES string of the molecule is Cc1ccc(-c2cc3c(C)ccc4c5cc(-c6ccc(C)c(C)c6)cc6c(C)ccc(c(c2)c34)c65)cc1C. The van der Waals surface area contributed by atoms with Gasteiger partial charge in [0.05, 0.1) is 0 Å². The average molecular weight is 489 g/mol. The molecule has 0 radical (unpaired) electrons. The third-order valence-electron chi connectivity index (χ3n) is 8.93. The van der Waals surface area contributed by atoms with Crippen molar-refractivity contribution in [2.75, 3.05) is 0 Å². The van der Waals surface area contributed by atoms with E-state index in [1.165, 1.54) is 98.7 Å². The number of fused-ring (bicyclic) bond motifs is 2. The van der Waals surface area contributed by atoms with Gasteiger partial charge in [0.1, 0.15) is 0 Å². The fourth-order valence-corrected chi connectivity index (χ4v) is 6.30. The average Bonchev–Trinajstić information content (AvgIpc) is 2.91. The molecule has 0 aliphatic heterocycles. The Labute approximate surface area is 224 Å². The van der Waals surface area contributed by atoms with Crippen molar-refractivity contribution in [3.05, 3.63) is 118 Å². The van der Waals surface area contributed by atoms with E-state index in [2.05, 4.69) is 126 Å². The van der Waals surface area contributed by atoms with Gasteiger partial charge >= 0.3 is 0 Å². The lowest BCUT2D eigenvalue weighted by atomic mass is 9.84. The molecular weight excluding hydrogens is 456 g/mol. The van der Waals surface area contributed by atoms with E-state index in [4.69, 9.17) is 0 Å². The minimum absolute atomic E-state index is 1.29. The molecule has 0 unspecified atom stereocenters. The molecular formula is C38H32. The molecule has 0 aromatic heterocycles. The van der Waals surface area contributed by atoms with Crippen molar-refractivity contribution in [2.24, 2.45) is 0 Å². The normalized spacial score (nSPS) is 11.9. The van der Waals surface area contributed by atoms with Crippen molar-refractivity contribution < 1.29 is 0 Å². The lowest BCUT2D eigenvalue weighted by molar-refractivity contribution is 1.34. The Morgan fingerprint density at radius 2 is 0.632 bits per heavy atom. The monoisotopic (exact) mass is 488 g/mol. The van der Waals surface area contributed by atoms with Crippen molar-refractivity contribution in [3.8, 4) is 22.3 Å². The van der Waals surface area contributed by atoms with Gasteiger partial charge in [-0.15, -0.1) is 0 Å². The molecule has 7 rings (SSSR count). The highest BCUT2D eigenvalue weighted by atomic mass is 14.2. The molecule has 184 valence electrons. The van der Waals surface area contributed by atoms with Crippen molar-refractivity contribution in [2.45, 2.75) is 41.5 Å². The van der Waals surface area contributed by atoms with Gasteiger partial charge in [0.15, 0.2) is 0 Å². The van der Waals surface area contributed by atoms with E-state index in [9.17, 15) is 0 Å². The Bertz CT molecular complexity index is 1920. The number of aryl methyl sites for hydroxylation is 6. The van der Waals surface area contributed by atoms with E-state index in [1.807, 2.05) is 0 Å². The summed E-state index contributed by atoms with van der Waals surface area (Å²) in [6.45, 7) is 13.3. The zero-order valence-electron chi connectivity index (χ0n) is 23.1. The number of hydrogen-bond acceptors (Lipinski definition) is 0. The molecule has 0 heteroatoms. The maximum Gasteiger partial charge on any atom is -0.00233 e. The summed E-state index contributed by atoms with van der Waals surface area (Å²) in [4.78, 5) is 0. The van der Waals surface area contributed by atoms with Crippen LogP contribution in [0.1, 0.15) is 33.4 Å². The van der Waals surface area contributed by atoms with E-state index in [1.54, 1.807) is 0 Å². The summed E-state index contributed by atoms with van der Waals surface area (Å²) in [6.07, 6.45) is 0. The molecule has 0 aliphatic rings. The van der Waals surface area contributed by atoms with Crippen LogP contribution in [0.5, 0.6) is 0 Å². The standard InChI is InChI=1S/C38H32/c1-21-7-11-27(15-25(21)5)29-17-33-23(3)9-14-32-36-20-30(28-12-8-22(2)26(6)16-28)18-34-24(4)10-13-31(38(34)36)35(19-29)37(32)33/h7-20H,1-6H3. The van der Waals surface area contributed by atoms with Crippen LogP contribution >= 0.6 is 0 Å². The van der Waals surface area contributed by atoms with E-state index in [0.717, 1.165) is 0 Å². The van der Waals surface area contributed by atoms with Crippen molar-refractivity contribution in [3.63, 3.8) is 0 Å². The van der Waals surface area contributed by atoms with E-state index in [-0.39, 0.29) is 0 Å². The van der Waals surface area contributed by atoms with Crippen LogP contribution in [0.3, 0.4) is 0 Å². The molecule has 0 amide bonds. The zero-order chi connectivity index (χ0) is 26.3. The smallest absolute Gasteiger partial charge is 0.00233 e. The molecule has 0 saturated carbocycles. The van der Waals surface area contributed by atoms with Gasteiger partial charge in [0.25, 0.3) is 0 Å². The third kappa shape index (κ3) is 3.30. The number of rotatable bonds is 2. The van der Waals surface area contributed by atoms with Gasteiger partial charge < -0.3 is 0 Å². The second-order valence-corrected chi connectivity index (χ2v) is 11.4. The summed E-state index contributed by atoms with van der Waals surface area (Å²) in [5.41, 5.74) is 13.2. The van der Waals surface area contributed by atoms with Gasteiger partial charge in [0.2, 0.25) is 0 Å². The Hall–Kier alpha value is -4.16. The van der Waals surface area contributed by atoms with E-state index < -0.39 is 0 Å². The van der Waals surface area contributed by atoms with Crippen LogP contribution in [-0.4, -0.2) is 0 Å². The van der Waals surface area contributed by atoms with Crippen LogP contribution in [0.15, 0.2) is 84.9 Å². The van der Waals surface area contributed by atoms with Gasteiger partial charge in [-0.05, 0) is 165 Å². The quantitative estimate of drug-likeness (QED) is 0.168. The van der Waals surface area contributed by atoms with E-state index in [0.29, 0.717) is 0 Å². The summed E-state index contributed by atoms with van der Waals surface area (Å²) in [5, 5.41) is 10.9. The van der Waals surface area contributed by atoms with Crippen LogP contribution in [-0.2, 0) is 0 Å². The molecule has 0 spiro atoms. The molecule has 0 heterocycles. The molecule has 0 fully saturated rings. The van der Waals surface area contributed by atoms with Crippen LogP contribution in [0.4, 0.5) is 0 Å². The lowest BCUT2D eigenvalue weighted by Gasteiger charge is -2.19. The minimum Gasteiger partial charge on any atom is -0.0584 e. The van der Waals surface area contributed by atoms with Gasteiger partial charge in [-0.25, -0.2) is 0 Å². The summed E-state index contributed by atoms with van der Waals surface area (Å²) in [7, 11) is 0. The molecule has 0 atom stereocenters. The molecule has 7 aromatic carbocycles. The maximum absolute atomic E-state index is 2.43. The van der Waals surface area contributed by atoms with Crippen LogP contribution in [0.2, 0.25) is 0 Å². The van der Waals surface area contributed by atoms with Gasteiger partial charge in [0, 0.05) is 0 Å². The van der Waals surface area contributed by atoms with Crippen LogP contribution < -0.4 is 0 Å². The molecule has 0 N–H and O–H groups in total. The van der Waals surface area contributed by atoms with E-state index >= 15 is 0 Å². The highest BCUT2D eigenvalue weighted by molar-refractivity contribution is 6.34. The topological polar surface area (TPSA) is 0 Å². The maximum atomic E-state index is 2.43. The first-order chi connectivity index (χ1) is 18.3. The van der Waals surface area contributed by atoms with Gasteiger partial charge in [-0.3, -0.25) is 0 Å². The second-order valence-electron chi connectivity index (χ2n) is 11.4. The highest BCUT2D eigenvalue weighted by Crippen LogP contribution is 2.45.